The highest BCUT2D eigenvalue weighted by molar-refractivity contribution is 7.18. The molecule has 188 valence electrons. The second-order valence-corrected chi connectivity index (χ2v) is 9.98. The van der Waals surface area contributed by atoms with E-state index in [-0.39, 0.29) is 33.2 Å². The van der Waals surface area contributed by atoms with E-state index in [0.29, 0.717) is 16.9 Å². The van der Waals surface area contributed by atoms with E-state index in [1.54, 1.807) is 18.2 Å². The van der Waals surface area contributed by atoms with Crippen LogP contribution >= 0.6 is 22.9 Å². The van der Waals surface area contributed by atoms with Gasteiger partial charge in [0.15, 0.2) is 0 Å². The van der Waals surface area contributed by atoms with E-state index < -0.39 is 22.6 Å². The van der Waals surface area contributed by atoms with E-state index in [0.717, 1.165) is 41.9 Å². The van der Waals surface area contributed by atoms with Crippen LogP contribution in [0.2, 0.25) is 5.02 Å². The molecule has 2 aromatic heterocycles. The highest BCUT2D eigenvalue weighted by atomic mass is 35.5. The van der Waals surface area contributed by atoms with Crippen LogP contribution in [0.3, 0.4) is 0 Å². The van der Waals surface area contributed by atoms with Crippen LogP contribution < -0.4 is 5.32 Å². The lowest BCUT2D eigenvalue weighted by Gasteiger charge is -2.09. The number of hydrogen-bond donors (Lipinski definition) is 1. The molecule has 0 aliphatic heterocycles. The Labute approximate surface area is 215 Å². The zero-order chi connectivity index (χ0) is 25.9. The maximum absolute atomic E-state index is 15.2. The molecule has 1 aliphatic carbocycles. The third kappa shape index (κ3) is 4.53. The van der Waals surface area contributed by atoms with Crippen LogP contribution in [0.25, 0.3) is 33.0 Å². The summed E-state index contributed by atoms with van der Waals surface area (Å²) in [6.07, 6.45) is -2.74. The van der Waals surface area contributed by atoms with Gasteiger partial charge < -0.3 is 9.88 Å². The summed E-state index contributed by atoms with van der Waals surface area (Å²) in [6.45, 7) is 0. The van der Waals surface area contributed by atoms with Crippen LogP contribution in [0, 0.1) is 11.6 Å². The number of nitrogens with zero attached hydrogens (tertiary/aromatic N) is 4. The summed E-state index contributed by atoms with van der Waals surface area (Å²) in [5.41, 5.74) is 1.17. The Balaban J connectivity index is 1.34. The molecule has 0 amide bonds. The molecule has 0 spiro atoms. The van der Waals surface area contributed by atoms with Gasteiger partial charge in [0.2, 0.25) is 5.13 Å². The molecule has 1 N–H and O–H groups in total. The fourth-order valence-corrected chi connectivity index (χ4v) is 5.07. The Kier molecular flexibility index (Phi) is 5.64. The minimum Gasteiger partial charge on any atom is -0.328 e. The summed E-state index contributed by atoms with van der Waals surface area (Å²) in [6, 6.07) is 12.6. The maximum atomic E-state index is 15.2. The number of aromatic nitrogens is 4. The number of benzene rings is 3. The minimum atomic E-state index is -4.62. The summed E-state index contributed by atoms with van der Waals surface area (Å²) in [5.74, 6) is -0.293. The average molecular weight is 548 g/mol. The number of anilines is 2. The Bertz CT molecular complexity index is 1640. The molecule has 0 bridgehead atoms. The molecule has 0 atom stereocenters. The van der Waals surface area contributed by atoms with E-state index in [1.807, 2.05) is 4.57 Å². The topological polar surface area (TPSA) is 55.6 Å². The van der Waals surface area contributed by atoms with E-state index in [9.17, 15) is 17.6 Å². The van der Waals surface area contributed by atoms with Gasteiger partial charge in [-0.2, -0.15) is 13.2 Å². The summed E-state index contributed by atoms with van der Waals surface area (Å²) in [4.78, 5) is 4.69. The smallest absolute Gasteiger partial charge is 0.328 e. The lowest BCUT2D eigenvalue weighted by Crippen LogP contribution is -2.05. The fraction of sp³-hybridized carbons (Fsp3) is 0.160. The second kappa shape index (κ2) is 8.77. The van der Waals surface area contributed by atoms with Crippen molar-refractivity contribution in [1.29, 1.82) is 0 Å². The normalized spacial score (nSPS) is 13.9. The van der Waals surface area contributed by atoms with Crippen LogP contribution in [-0.2, 0) is 6.18 Å². The molecule has 5 nitrogen and oxygen atoms in total. The molecular formula is C25H15ClF5N5S. The van der Waals surface area contributed by atoms with Gasteiger partial charge in [0, 0.05) is 23.2 Å². The lowest BCUT2D eigenvalue weighted by atomic mass is 10.1. The second-order valence-electron chi connectivity index (χ2n) is 8.59. The number of rotatable bonds is 5. The van der Waals surface area contributed by atoms with Crippen molar-refractivity contribution < 1.29 is 22.0 Å². The van der Waals surface area contributed by atoms with Crippen molar-refractivity contribution >= 4 is 44.8 Å². The number of fused-ring (bicyclic) bond motifs is 1. The maximum Gasteiger partial charge on any atom is 0.417 e. The van der Waals surface area contributed by atoms with E-state index in [2.05, 4.69) is 15.5 Å². The molecule has 12 heteroatoms. The Morgan fingerprint density at radius 2 is 1.68 bits per heavy atom. The largest absolute Gasteiger partial charge is 0.417 e. The molecule has 6 rings (SSSR count). The van der Waals surface area contributed by atoms with Crippen LogP contribution in [0.4, 0.5) is 32.8 Å². The van der Waals surface area contributed by atoms with Crippen molar-refractivity contribution in [3.05, 3.63) is 76.8 Å². The fourth-order valence-electron chi connectivity index (χ4n) is 4.10. The van der Waals surface area contributed by atoms with Crippen LogP contribution in [-0.4, -0.2) is 19.7 Å². The van der Waals surface area contributed by atoms with Gasteiger partial charge in [-0.1, -0.05) is 29.0 Å². The summed E-state index contributed by atoms with van der Waals surface area (Å²) in [7, 11) is 0. The van der Waals surface area contributed by atoms with E-state index in [1.165, 1.54) is 24.3 Å². The van der Waals surface area contributed by atoms with Crippen LogP contribution in [0.15, 0.2) is 54.6 Å². The van der Waals surface area contributed by atoms with Gasteiger partial charge in [-0.05, 0) is 55.3 Å². The first-order valence-electron chi connectivity index (χ1n) is 11.1. The third-order valence-electron chi connectivity index (χ3n) is 5.98. The average Bonchev–Trinajstić information content (AvgIpc) is 3.47. The highest BCUT2D eigenvalue weighted by Crippen LogP contribution is 2.43. The molecule has 0 radical (unpaired) electrons. The number of halogens is 6. The molecule has 3 aromatic carbocycles. The molecule has 0 saturated heterocycles. The van der Waals surface area contributed by atoms with Gasteiger partial charge in [-0.25, -0.2) is 13.8 Å². The van der Waals surface area contributed by atoms with Crippen molar-refractivity contribution in [2.75, 3.05) is 5.32 Å². The van der Waals surface area contributed by atoms with Crippen LogP contribution in [0.1, 0.15) is 24.4 Å². The van der Waals surface area contributed by atoms with Crippen LogP contribution in [0.5, 0.6) is 0 Å². The standard InChI is InChI=1S/C25H15ClF5N5S/c26-17-8-3-13(9-16(17)25(29,30)31)23-34-35-24(37-23)33-19-11-20-21(10-18(19)28)36(15-6-7-15)22(32-20)12-1-4-14(27)5-2-12/h1-5,8-11,15H,6-7H2,(H,33,35). The monoisotopic (exact) mass is 547 g/mol. The number of alkyl halides is 3. The van der Waals surface area contributed by atoms with Gasteiger partial charge in [-0.3, -0.25) is 0 Å². The van der Waals surface area contributed by atoms with Crippen molar-refractivity contribution in [1.82, 2.24) is 19.7 Å². The molecule has 5 aromatic rings. The summed E-state index contributed by atoms with van der Waals surface area (Å²) >= 11 is 6.67. The predicted octanol–water partition coefficient (Wildman–Crippen LogP) is 8.25. The first-order valence-corrected chi connectivity index (χ1v) is 12.3. The quantitative estimate of drug-likeness (QED) is 0.225. The number of nitrogens with one attached hydrogen (secondary N) is 1. The predicted molar refractivity (Wildman–Crippen MR) is 132 cm³/mol. The third-order valence-corrected chi connectivity index (χ3v) is 7.20. The minimum absolute atomic E-state index is 0.0911. The molecule has 1 aliphatic rings. The van der Waals surface area contributed by atoms with Gasteiger partial charge >= 0.3 is 6.18 Å². The molecule has 2 heterocycles. The van der Waals surface area contributed by atoms with Crippen molar-refractivity contribution in [3.8, 4) is 22.0 Å². The van der Waals surface area contributed by atoms with Crippen molar-refractivity contribution in [2.45, 2.75) is 25.1 Å². The van der Waals surface area contributed by atoms with E-state index in [4.69, 9.17) is 16.6 Å². The lowest BCUT2D eigenvalue weighted by molar-refractivity contribution is -0.137. The number of hydrogen-bond acceptors (Lipinski definition) is 5. The zero-order valence-corrected chi connectivity index (χ0v) is 20.2. The van der Waals surface area contributed by atoms with Gasteiger partial charge in [0.05, 0.1) is 27.3 Å². The molecular weight excluding hydrogens is 533 g/mol. The Morgan fingerprint density at radius 1 is 0.946 bits per heavy atom. The van der Waals surface area contributed by atoms with Crippen molar-refractivity contribution in [2.24, 2.45) is 0 Å². The Hall–Kier alpha value is -3.57. The number of imidazole rings is 1. The molecule has 1 fully saturated rings. The highest BCUT2D eigenvalue weighted by Gasteiger charge is 2.34. The van der Waals surface area contributed by atoms with Gasteiger partial charge in [0.1, 0.15) is 22.5 Å². The van der Waals surface area contributed by atoms with E-state index >= 15 is 4.39 Å². The SMILES string of the molecule is Fc1ccc(-c2nc3cc(Nc4nnc(-c5ccc(Cl)c(C(F)(F)F)c5)s4)c(F)cc3n2C2CC2)cc1. The molecule has 37 heavy (non-hydrogen) atoms. The first-order chi connectivity index (χ1) is 17.7. The Morgan fingerprint density at radius 3 is 2.38 bits per heavy atom. The molecule has 0 unspecified atom stereocenters. The molecule has 1 saturated carbocycles. The van der Waals surface area contributed by atoms with Gasteiger partial charge in [0.25, 0.3) is 0 Å². The van der Waals surface area contributed by atoms with Gasteiger partial charge in [-0.15, -0.1) is 10.2 Å². The zero-order valence-electron chi connectivity index (χ0n) is 18.7. The summed E-state index contributed by atoms with van der Waals surface area (Å²) in [5, 5.41) is 10.7. The summed E-state index contributed by atoms with van der Waals surface area (Å²) < 4.78 is 70.2. The first kappa shape index (κ1) is 23.8. The van der Waals surface area contributed by atoms with Crippen molar-refractivity contribution in [3.63, 3.8) is 0 Å².